The van der Waals surface area contributed by atoms with Crippen LogP contribution in [0.25, 0.3) is 11.1 Å². The molecule has 0 bridgehead atoms. The van der Waals surface area contributed by atoms with Gasteiger partial charge >= 0.3 is 5.97 Å². The van der Waals surface area contributed by atoms with Gasteiger partial charge in [-0.25, -0.2) is 18.6 Å². The molecule has 0 amide bonds. The summed E-state index contributed by atoms with van der Waals surface area (Å²) in [5, 5.41) is 0. The number of rotatable bonds is 2. The Morgan fingerprint density at radius 3 is 2.61 bits per heavy atom. The van der Waals surface area contributed by atoms with E-state index < -0.39 is 17.6 Å². The smallest absolute Gasteiger partial charge is 0.356 e. The zero-order valence-corrected chi connectivity index (χ0v) is 9.48. The minimum Gasteiger partial charge on any atom is -0.464 e. The lowest BCUT2D eigenvalue weighted by molar-refractivity contribution is 0.0594. The number of aromatic nitrogens is 1. The summed E-state index contributed by atoms with van der Waals surface area (Å²) in [6, 6.07) is 6.76. The number of methoxy groups -OCH3 is 1. The maximum Gasteiger partial charge on any atom is 0.356 e. The van der Waals surface area contributed by atoms with E-state index in [1.54, 1.807) is 0 Å². The SMILES string of the molecule is COC(=O)c1ccc(-c2cccc(F)c2F)cn1. The Labute approximate surface area is 102 Å². The number of ether oxygens (including phenoxy) is 1. The van der Waals surface area contributed by atoms with Crippen molar-refractivity contribution in [2.75, 3.05) is 7.11 Å². The molecule has 0 atom stereocenters. The fraction of sp³-hybridized carbons (Fsp3) is 0.0769. The lowest BCUT2D eigenvalue weighted by atomic mass is 10.1. The van der Waals surface area contributed by atoms with Gasteiger partial charge in [0.2, 0.25) is 0 Å². The lowest BCUT2D eigenvalue weighted by Crippen LogP contribution is -2.03. The topological polar surface area (TPSA) is 39.2 Å². The van der Waals surface area contributed by atoms with Crippen molar-refractivity contribution in [3.05, 3.63) is 53.9 Å². The average molecular weight is 249 g/mol. The van der Waals surface area contributed by atoms with Crippen LogP contribution in [0, 0.1) is 11.6 Å². The molecule has 0 radical (unpaired) electrons. The molecule has 0 aliphatic heterocycles. The molecule has 1 aromatic heterocycles. The summed E-state index contributed by atoms with van der Waals surface area (Å²) in [6.07, 6.45) is 1.30. The van der Waals surface area contributed by atoms with Crippen LogP contribution < -0.4 is 0 Å². The van der Waals surface area contributed by atoms with Crippen LogP contribution in [-0.4, -0.2) is 18.1 Å². The van der Waals surface area contributed by atoms with Crippen LogP contribution in [0.3, 0.4) is 0 Å². The van der Waals surface area contributed by atoms with Crippen molar-refractivity contribution in [1.29, 1.82) is 0 Å². The van der Waals surface area contributed by atoms with Crippen LogP contribution >= 0.6 is 0 Å². The second-order valence-electron chi connectivity index (χ2n) is 3.53. The highest BCUT2D eigenvalue weighted by Gasteiger charge is 2.11. The van der Waals surface area contributed by atoms with E-state index in [1.807, 2.05) is 0 Å². The molecule has 0 unspecified atom stereocenters. The van der Waals surface area contributed by atoms with E-state index in [2.05, 4.69) is 9.72 Å². The predicted octanol–water partition coefficient (Wildman–Crippen LogP) is 2.81. The highest BCUT2D eigenvalue weighted by molar-refractivity contribution is 5.87. The number of hydrogen-bond donors (Lipinski definition) is 0. The zero-order valence-electron chi connectivity index (χ0n) is 9.48. The van der Waals surface area contributed by atoms with Gasteiger partial charge in [0.05, 0.1) is 7.11 Å². The third kappa shape index (κ3) is 2.20. The van der Waals surface area contributed by atoms with Crippen LogP contribution in [0.4, 0.5) is 8.78 Å². The Morgan fingerprint density at radius 1 is 1.22 bits per heavy atom. The summed E-state index contributed by atoms with van der Waals surface area (Å²) in [5.74, 6) is -2.45. The molecule has 0 aliphatic rings. The number of benzene rings is 1. The number of esters is 1. The first kappa shape index (κ1) is 12.2. The Kier molecular flexibility index (Phi) is 3.32. The third-order valence-corrected chi connectivity index (χ3v) is 2.42. The van der Waals surface area contributed by atoms with Gasteiger partial charge in [-0.3, -0.25) is 0 Å². The molecule has 0 N–H and O–H groups in total. The molecule has 0 aliphatic carbocycles. The van der Waals surface area contributed by atoms with Crippen LogP contribution in [0.5, 0.6) is 0 Å². The molecule has 0 saturated heterocycles. The largest absolute Gasteiger partial charge is 0.464 e. The second kappa shape index (κ2) is 4.91. The van der Waals surface area contributed by atoms with Crippen molar-refractivity contribution < 1.29 is 18.3 Å². The second-order valence-corrected chi connectivity index (χ2v) is 3.53. The van der Waals surface area contributed by atoms with E-state index in [0.29, 0.717) is 5.56 Å². The summed E-state index contributed by atoms with van der Waals surface area (Å²) in [7, 11) is 1.24. The number of halogens is 2. The predicted molar refractivity (Wildman–Crippen MR) is 60.9 cm³/mol. The number of pyridine rings is 1. The molecule has 2 aromatic rings. The fourth-order valence-electron chi connectivity index (χ4n) is 1.51. The van der Waals surface area contributed by atoms with Crippen LogP contribution in [0.1, 0.15) is 10.5 Å². The van der Waals surface area contributed by atoms with E-state index in [9.17, 15) is 13.6 Å². The zero-order chi connectivity index (χ0) is 13.1. The van der Waals surface area contributed by atoms with Gasteiger partial charge in [0.1, 0.15) is 5.69 Å². The van der Waals surface area contributed by atoms with Crippen molar-refractivity contribution in [3.63, 3.8) is 0 Å². The molecule has 1 aromatic carbocycles. The molecule has 5 heteroatoms. The molecule has 18 heavy (non-hydrogen) atoms. The molecule has 92 valence electrons. The Balaban J connectivity index is 2.40. The van der Waals surface area contributed by atoms with Crippen LogP contribution in [0.2, 0.25) is 0 Å². The molecule has 0 saturated carbocycles. The van der Waals surface area contributed by atoms with E-state index in [4.69, 9.17) is 0 Å². The van der Waals surface area contributed by atoms with Crippen LogP contribution in [0.15, 0.2) is 36.5 Å². The average Bonchev–Trinajstić information content (AvgIpc) is 2.41. The van der Waals surface area contributed by atoms with E-state index >= 15 is 0 Å². The standard InChI is InChI=1S/C13H9F2NO2/c1-18-13(17)11-6-5-8(7-16-11)9-3-2-4-10(14)12(9)15/h2-7H,1H3. The summed E-state index contributed by atoms with van der Waals surface area (Å²) in [5.41, 5.74) is 0.594. The fourth-order valence-corrected chi connectivity index (χ4v) is 1.51. The number of nitrogens with zero attached hydrogens (tertiary/aromatic N) is 1. The molecule has 3 nitrogen and oxygen atoms in total. The first-order valence-electron chi connectivity index (χ1n) is 5.12. The molecular formula is C13H9F2NO2. The van der Waals surface area contributed by atoms with Gasteiger partial charge in [-0.15, -0.1) is 0 Å². The van der Waals surface area contributed by atoms with Crippen molar-refractivity contribution in [2.45, 2.75) is 0 Å². The van der Waals surface area contributed by atoms with Gasteiger partial charge in [0, 0.05) is 17.3 Å². The molecule has 1 heterocycles. The maximum atomic E-state index is 13.5. The van der Waals surface area contributed by atoms with Gasteiger partial charge in [0.25, 0.3) is 0 Å². The number of hydrogen-bond acceptors (Lipinski definition) is 3. The van der Waals surface area contributed by atoms with E-state index in [0.717, 1.165) is 6.07 Å². The molecule has 0 spiro atoms. The number of carbonyl (C=O) groups is 1. The van der Waals surface area contributed by atoms with Gasteiger partial charge < -0.3 is 4.74 Å². The first-order chi connectivity index (χ1) is 8.63. The minimum atomic E-state index is -0.940. The first-order valence-corrected chi connectivity index (χ1v) is 5.12. The summed E-state index contributed by atoms with van der Waals surface area (Å²) in [4.78, 5) is 15.0. The van der Waals surface area contributed by atoms with Gasteiger partial charge in [-0.05, 0) is 12.1 Å². The molecular weight excluding hydrogens is 240 g/mol. The molecule has 2 rings (SSSR count). The van der Waals surface area contributed by atoms with Crippen molar-refractivity contribution in [2.24, 2.45) is 0 Å². The quantitative estimate of drug-likeness (QED) is 0.768. The van der Waals surface area contributed by atoms with E-state index in [1.165, 1.54) is 37.6 Å². The van der Waals surface area contributed by atoms with Crippen LogP contribution in [-0.2, 0) is 4.74 Å². The Hall–Kier alpha value is -2.30. The van der Waals surface area contributed by atoms with Crippen molar-refractivity contribution in [3.8, 4) is 11.1 Å². The molecule has 0 fully saturated rings. The summed E-state index contributed by atoms with van der Waals surface area (Å²) in [6.45, 7) is 0. The Bertz CT molecular complexity index is 582. The maximum absolute atomic E-state index is 13.5. The lowest BCUT2D eigenvalue weighted by Gasteiger charge is -2.04. The highest BCUT2D eigenvalue weighted by Crippen LogP contribution is 2.23. The van der Waals surface area contributed by atoms with Gasteiger partial charge in [0.15, 0.2) is 11.6 Å². The third-order valence-electron chi connectivity index (χ3n) is 2.42. The monoisotopic (exact) mass is 249 g/mol. The van der Waals surface area contributed by atoms with Crippen molar-refractivity contribution >= 4 is 5.97 Å². The van der Waals surface area contributed by atoms with Gasteiger partial charge in [-0.2, -0.15) is 0 Å². The highest BCUT2D eigenvalue weighted by atomic mass is 19.2. The van der Waals surface area contributed by atoms with Gasteiger partial charge in [-0.1, -0.05) is 18.2 Å². The normalized spacial score (nSPS) is 10.2. The summed E-state index contributed by atoms with van der Waals surface area (Å²) < 4.78 is 31.1. The van der Waals surface area contributed by atoms with E-state index in [-0.39, 0.29) is 11.3 Å². The minimum absolute atomic E-state index is 0.0962. The number of carbonyl (C=O) groups excluding carboxylic acids is 1. The Morgan fingerprint density at radius 2 is 2.00 bits per heavy atom. The van der Waals surface area contributed by atoms with Crippen molar-refractivity contribution in [1.82, 2.24) is 4.98 Å². The summed E-state index contributed by atoms with van der Waals surface area (Å²) >= 11 is 0.